The van der Waals surface area contributed by atoms with Gasteiger partial charge in [0.2, 0.25) is 0 Å². The van der Waals surface area contributed by atoms with E-state index in [4.69, 9.17) is 0 Å². The van der Waals surface area contributed by atoms with Crippen molar-refractivity contribution in [2.45, 2.75) is 52.4 Å². The molecule has 1 atom stereocenters. The Balaban J connectivity index is 1.86. The maximum Gasteiger partial charge on any atom is -0.0320 e. The van der Waals surface area contributed by atoms with Gasteiger partial charge in [0.15, 0.2) is 0 Å². The summed E-state index contributed by atoms with van der Waals surface area (Å²) in [4.78, 5) is 0. The first-order valence-electron chi connectivity index (χ1n) is 5.20. The maximum atomic E-state index is 2.44. The molecule has 2 aliphatic rings. The third-order valence-corrected chi connectivity index (χ3v) is 3.81. The average molecular weight is 152 g/mol. The van der Waals surface area contributed by atoms with Gasteiger partial charge in [0.05, 0.1) is 0 Å². The predicted molar refractivity (Wildman–Crippen MR) is 48.5 cm³/mol. The van der Waals surface area contributed by atoms with E-state index in [0.29, 0.717) is 0 Å². The third kappa shape index (κ3) is 1.45. The van der Waals surface area contributed by atoms with Gasteiger partial charge >= 0.3 is 0 Å². The van der Waals surface area contributed by atoms with E-state index in [9.17, 15) is 0 Å². The van der Waals surface area contributed by atoms with E-state index in [1.807, 2.05) is 0 Å². The van der Waals surface area contributed by atoms with Gasteiger partial charge in [-0.15, -0.1) is 0 Å². The summed E-state index contributed by atoms with van der Waals surface area (Å²) in [5.41, 5.74) is 0.724. The average Bonchev–Trinajstić information content (AvgIpc) is 2.62. The lowest BCUT2D eigenvalue weighted by atomic mass is 9.83. The topological polar surface area (TPSA) is 0 Å². The molecule has 0 aromatic rings. The van der Waals surface area contributed by atoms with E-state index in [0.717, 1.165) is 17.3 Å². The SMILES string of the molecule is CC1(C)CC1C1CCCCC1. The molecule has 0 aromatic carbocycles. The van der Waals surface area contributed by atoms with Crippen molar-refractivity contribution in [3.05, 3.63) is 0 Å². The molecule has 1 unspecified atom stereocenters. The van der Waals surface area contributed by atoms with Crippen molar-refractivity contribution in [1.82, 2.24) is 0 Å². The van der Waals surface area contributed by atoms with Crippen molar-refractivity contribution in [2.24, 2.45) is 17.3 Å². The predicted octanol–water partition coefficient (Wildman–Crippen LogP) is 3.61. The first kappa shape index (κ1) is 7.64. The minimum absolute atomic E-state index is 0.724. The van der Waals surface area contributed by atoms with Crippen LogP contribution < -0.4 is 0 Å². The zero-order valence-electron chi connectivity index (χ0n) is 7.90. The normalized spacial score (nSPS) is 37.1. The first-order valence-corrected chi connectivity index (χ1v) is 5.20. The summed E-state index contributed by atoms with van der Waals surface area (Å²) >= 11 is 0. The Kier molecular flexibility index (Phi) is 1.74. The lowest BCUT2D eigenvalue weighted by Crippen LogP contribution is -2.11. The second-order valence-corrected chi connectivity index (χ2v) is 5.20. The van der Waals surface area contributed by atoms with Gasteiger partial charge in [-0.1, -0.05) is 46.0 Å². The monoisotopic (exact) mass is 152 g/mol. The summed E-state index contributed by atoms with van der Waals surface area (Å²) in [5, 5.41) is 0. The minimum Gasteiger partial charge on any atom is -0.0596 e. The molecular formula is C11H20. The van der Waals surface area contributed by atoms with E-state index in [1.54, 1.807) is 0 Å². The molecule has 2 fully saturated rings. The highest BCUT2D eigenvalue weighted by atomic mass is 14.5. The molecule has 0 heterocycles. The highest BCUT2D eigenvalue weighted by Gasteiger charge is 2.49. The Labute approximate surface area is 70.4 Å². The van der Waals surface area contributed by atoms with Crippen LogP contribution in [-0.2, 0) is 0 Å². The van der Waals surface area contributed by atoms with Crippen molar-refractivity contribution in [3.8, 4) is 0 Å². The fraction of sp³-hybridized carbons (Fsp3) is 1.00. The second-order valence-electron chi connectivity index (χ2n) is 5.20. The molecule has 0 saturated heterocycles. The summed E-state index contributed by atoms with van der Waals surface area (Å²) in [7, 11) is 0. The fourth-order valence-electron chi connectivity index (χ4n) is 2.85. The standard InChI is InChI=1S/C11H20/c1-11(2)8-10(11)9-6-4-3-5-7-9/h9-10H,3-8H2,1-2H3. The molecule has 64 valence electrons. The van der Waals surface area contributed by atoms with Crippen LogP contribution in [0.1, 0.15) is 52.4 Å². The third-order valence-electron chi connectivity index (χ3n) is 3.81. The molecule has 0 N–H and O–H groups in total. The zero-order chi connectivity index (χ0) is 7.90. The fourth-order valence-corrected chi connectivity index (χ4v) is 2.85. The Morgan fingerprint density at radius 2 is 1.55 bits per heavy atom. The largest absolute Gasteiger partial charge is 0.0596 e. The van der Waals surface area contributed by atoms with Crippen molar-refractivity contribution < 1.29 is 0 Å². The smallest absolute Gasteiger partial charge is 0.0320 e. The highest BCUT2D eigenvalue weighted by Crippen LogP contribution is 2.58. The zero-order valence-corrected chi connectivity index (χ0v) is 7.90. The Hall–Kier alpha value is 0. The van der Waals surface area contributed by atoms with Crippen LogP contribution in [0.2, 0.25) is 0 Å². The van der Waals surface area contributed by atoms with Crippen molar-refractivity contribution in [2.75, 3.05) is 0 Å². The molecule has 0 radical (unpaired) electrons. The molecule has 0 amide bonds. The summed E-state index contributed by atoms with van der Waals surface area (Å²) in [5.74, 6) is 2.21. The molecule has 2 saturated carbocycles. The van der Waals surface area contributed by atoms with Crippen LogP contribution in [-0.4, -0.2) is 0 Å². The Morgan fingerprint density at radius 1 is 1.00 bits per heavy atom. The van der Waals surface area contributed by atoms with Crippen molar-refractivity contribution >= 4 is 0 Å². The molecule has 2 aliphatic carbocycles. The van der Waals surface area contributed by atoms with Gasteiger partial charge < -0.3 is 0 Å². The van der Waals surface area contributed by atoms with E-state index < -0.39 is 0 Å². The molecule has 0 aliphatic heterocycles. The molecule has 2 rings (SSSR count). The molecule has 0 heteroatoms. The quantitative estimate of drug-likeness (QED) is 0.538. The first-order chi connectivity index (χ1) is 5.20. The molecule has 11 heavy (non-hydrogen) atoms. The highest BCUT2D eigenvalue weighted by molar-refractivity contribution is 4.99. The number of hydrogen-bond acceptors (Lipinski definition) is 0. The number of hydrogen-bond donors (Lipinski definition) is 0. The van der Waals surface area contributed by atoms with Crippen molar-refractivity contribution in [3.63, 3.8) is 0 Å². The van der Waals surface area contributed by atoms with Gasteiger partial charge in [-0.25, -0.2) is 0 Å². The molecule has 0 nitrogen and oxygen atoms in total. The van der Waals surface area contributed by atoms with Crippen LogP contribution in [0, 0.1) is 17.3 Å². The number of rotatable bonds is 1. The molecule has 0 aromatic heterocycles. The van der Waals surface area contributed by atoms with Gasteiger partial charge in [0.1, 0.15) is 0 Å². The summed E-state index contributed by atoms with van der Waals surface area (Å²) in [6.07, 6.45) is 9.11. The Bertz CT molecular complexity index is 140. The van der Waals surface area contributed by atoms with Gasteiger partial charge in [-0.3, -0.25) is 0 Å². The van der Waals surface area contributed by atoms with E-state index in [2.05, 4.69) is 13.8 Å². The summed E-state index contributed by atoms with van der Waals surface area (Å²) < 4.78 is 0. The van der Waals surface area contributed by atoms with Gasteiger partial charge in [0, 0.05) is 0 Å². The lowest BCUT2D eigenvalue weighted by molar-refractivity contribution is 0.291. The van der Waals surface area contributed by atoms with Crippen LogP contribution in [0.5, 0.6) is 0 Å². The van der Waals surface area contributed by atoms with Crippen LogP contribution >= 0.6 is 0 Å². The minimum atomic E-state index is 0.724. The molecular weight excluding hydrogens is 132 g/mol. The van der Waals surface area contributed by atoms with Gasteiger partial charge in [0.25, 0.3) is 0 Å². The molecule has 0 bridgehead atoms. The molecule has 0 spiro atoms. The van der Waals surface area contributed by atoms with Crippen LogP contribution in [0.4, 0.5) is 0 Å². The lowest BCUT2D eigenvalue weighted by Gasteiger charge is -2.22. The van der Waals surface area contributed by atoms with E-state index in [1.165, 1.54) is 38.5 Å². The van der Waals surface area contributed by atoms with E-state index >= 15 is 0 Å². The van der Waals surface area contributed by atoms with Gasteiger partial charge in [-0.2, -0.15) is 0 Å². The summed E-state index contributed by atoms with van der Waals surface area (Å²) in [6, 6.07) is 0. The summed E-state index contributed by atoms with van der Waals surface area (Å²) in [6.45, 7) is 4.87. The maximum absolute atomic E-state index is 2.44. The Morgan fingerprint density at radius 3 is 2.00 bits per heavy atom. The van der Waals surface area contributed by atoms with Gasteiger partial charge in [-0.05, 0) is 23.7 Å². The second kappa shape index (κ2) is 2.50. The van der Waals surface area contributed by atoms with E-state index in [-0.39, 0.29) is 0 Å². The van der Waals surface area contributed by atoms with Crippen molar-refractivity contribution in [1.29, 1.82) is 0 Å². The van der Waals surface area contributed by atoms with Crippen LogP contribution in [0.3, 0.4) is 0 Å². The van der Waals surface area contributed by atoms with Crippen LogP contribution in [0.25, 0.3) is 0 Å². The van der Waals surface area contributed by atoms with Crippen LogP contribution in [0.15, 0.2) is 0 Å².